The molecule has 0 saturated heterocycles. The standard InChI is InChI=1S/C22H30N6O/c1-15-5-3-4-6-19(15)24-20(29)7-8-23-21-10-17-9-18(11-21)13-22(12-17,14-21)28-26-16(2)25-27-28/h3-6,17-18,23H,7-14H2,1-2H3,(H,24,29)/t17-,18-,21?,22?/m1/s1. The number of nitrogens with one attached hydrogen (secondary N) is 2. The van der Waals surface area contributed by atoms with Crippen molar-refractivity contribution in [3.05, 3.63) is 35.7 Å². The van der Waals surface area contributed by atoms with Crippen molar-refractivity contribution in [1.29, 1.82) is 0 Å². The zero-order chi connectivity index (χ0) is 20.1. The van der Waals surface area contributed by atoms with Crippen molar-refractivity contribution in [2.75, 3.05) is 11.9 Å². The predicted molar refractivity (Wildman–Crippen MR) is 110 cm³/mol. The maximum absolute atomic E-state index is 12.5. The predicted octanol–water partition coefficient (Wildman–Crippen LogP) is 2.96. The summed E-state index contributed by atoms with van der Waals surface area (Å²) in [7, 11) is 0. The normalized spacial score (nSPS) is 32.5. The average Bonchev–Trinajstić information content (AvgIpc) is 3.10. The Labute approximate surface area is 171 Å². The van der Waals surface area contributed by atoms with Gasteiger partial charge in [0.15, 0.2) is 5.82 Å². The Bertz CT molecular complexity index is 908. The molecule has 4 saturated carbocycles. The van der Waals surface area contributed by atoms with Gasteiger partial charge in [-0.2, -0.15) is 4.80 Å². The Morgan fingerprint density at radius 2 is 1.93 bits per heavy atom. The highest BCUT2D eigenvalue weighted by Crippen LogP contribution is 2.60. The summed E-state index contributed by atoms with van der Waals surface area (Å²) in [6, 6.07) is 7.91. The monoisotopic (exact) mass is 394 g/mol. The third-order valence-corrected chi connectivity index (χ3v) is 7.24. The summed E-state index contributed by atoms with van der Waals surface area (Å²) in [5, 5.41) is 20.0. The number of benzene rings is 1. The van der Waals surface area contributed by atoms with Crippen molar-refractivity contribution in [3.8, 4) is 0 Å². The quantitative estimate of drug-likeness (QED) is 0.787. The van der Waals surface area contributed by atoms with Crippen LogP contribution in [-0.4, -0.2) is 38.2 Å². The third kappa shape index (κ3) is 3.45. The zero-order valence-corrected chi connectivity index (χ0v) is 17.3. The molecular formula is C22H30N6O. The van der Waals surface area contributed by atoms with Crippen LogP contribution in [0, 0.1) is 25.7 Å². The molecule has 0 aliphatic heterocycles. The van der Waals surface area contributed by atoms with Crippen LogP contribution in [0.25, 0.3) is 0 Å². The second-order valence-corrected chi connectivity index (χ2v) is 9.63. The number of tetrazole rings is 1. The first-order valence-corrected chi connectivity index (χ1v) is 10.8. The average molecular weight is 395 g/mol. The number of aryl methyl sites for hydroxylation is 2. The van der Waals surface area contributed by atoms with E-state index in [4.69, 9.17) is 0 Å². The number of carbonyl (C=O) groups is 1. The number of carbonyl (C=O) groups excluding carboxylic acids is 1. The minimum atomic E-state index is 0.00174. The Morgan fingerprint density at radius 1 is 1.17 bits per heavy atom. The van der Waals surface area contributed by atoms with Gasteiger partial charge in [0.2, 0.25) is 5.91 Å². The lowest BCUT2D eigenvalue weighted by molar-refractivity contribution is -0.116. The number of hydrogen-bond acceptors (Lipinski definition) is 5. The topological polar surface area (TPSA) is 84.7 Å². The van der Waals surface area contributed by atoms with Gasteiger partial charge >= 0.3 is 0 Å². The van der Waals surface area contributed by atoms with E-state index in [9.17, 15) is 4.79 Å². The van der Waals surface area contributed by atoms with E-state index in [1.165, 1.54) is 19.3 Å². The molecule has 1 aromatic heterocycles. The van der Waals surface area contributed by atoms with E-state index in [1.807, 2.05) is 42.9 Å². The summed E-state index contributed by atoms with van der Waals surface area (Å²) in [6.45, 7) is 4.63. The molecule has 0 unspecified atom stereocenters. The lowest BCUT2D eigenvalue weighted by Crippen LogP contribution is -2.65. The van der Waals surface area contributed by atoms with Gasteiger partial charge in [0, 0.05) is 24.2 Å². The fourth-order valence-electron chi connectivity index (χ4n) is 6.51. The van der Waals surface area contributed by atoms with Gasteiger partial charge in [-0.1, -0.05) is 18.2 Å². The Morgan fingerprint density at radius 3 is 2.62 bits per heavy atom. The first-order chi connectivity index (χ1) is 14.0. The molecule has 4 aliphatic rings. The Balaban J connectivity index is 1.24. The molecule has 7 nitrogen and oxygen atoms in total. The van der Waals surface area contributed by atoms with Crippen molar-refractivity contribution in [1.82, 2.24) is 25.5 Å². The molecule has 2 N–H and O–H groups in total. The first-order valence-electron chi connectivity index (χ1n) is 10.8. The second-order valence-electron chi connectivity index (χ2n) is 9.63. The van der Waals surface area contributed by atoms with E-state index >= 15 is 0 Å². The summed E-state index contributed by atoms with van der Waals surface area (Å²) >= 11 is 0. The molecule has 0 radical (unpaired) electrons. The molecule has 154 valence electrons. The number of anilines is 1. The molecule has 4 bridgehead atoms. The number of para-hydroxylation sites is 1. The second kappa shape index (κ2) is 6.90. The Hall–Kier alpha value is -2.28. The van der Waals surface area contributed by atoms with E-state index in [2.05, 4.69) is 26.0 Å². The fraction of sp³-hybridized carbons (Fsp3) is 0.636. The number of aromatic nitrogens is 4. The summed E-state index contributed by atoms with van der Waals surface area (Å²) in [6.07, 6.45) is 7.59. The molecule has 2 atom stereocenters. The highest BCUT2D eigenvalue weighted by Gasteiger charge is 2.59. The van der Waals surface area contributed by atoms with E-state index in [1.54, 1.807) is 0 Å². The zero-order valence-electron chi connectivity index (χ0n) is 17.3. The molecule has 6 rings (SSSR count). The van der Waals surface area contributed by atoms with Crippen molar-refractivity contribution >= 4 is 11.6 Å². The van der Waals surface area contributed by atoms with Crippen molar-refractivity contribution < 1.29 is 4.79 Å². The Kier molecular flexibility index (Phi) is 4.46. The number of amides is 1. The summed E-state index contributed by atoms with van der Waals surface area (Å²) < 4.78 is 0. The van der Waals surface area contributed by atoms with Gasteiger partial charge in [-0.25, -0.2) is 0 Å². The van der Waals surface area contributed by atoms with Gasteiger partial charge in [-0.15, -0.1) is 10.2 Å². The molecule has 2 aromatic rings. The molecule has 4 fully saturated rings. The lowest BCUT2D eigenvalue weighted by atomic mass is 9.50. The minimum absolute atomic E-state index is 0.00174. The molecule has 1 heterocycles. The summed E-state index contributed by atoms with van der Waals surface area (Å²) in [5.41, 5.74) is 2.10. The number of rotatable bonds is 6. The molecular weight excluding hydrogens is 364 g/mol. The van der Waals surface area contributed by atoms with Crippen LogP contribution in [0.3, 0.4) is 0 Å². The van der Waals surface area contributed by atoms with E-state index in [-0.39, 0.29) is 17.0 Å². The third-order valence-electron chi connectivity index (χ3n) is 7.24. The first kappa shape index (κ1) is 18.7. The van der Waals surface area contributed by atoms with Crippen LogP contribution in [0.1, 0.15) is 56.3 Å². The van der Waals surface area contributed by atoms with Crippen LogP contribution in [0.15, 0.2) is 24.3 Å². The van der Waals surface area contributed by atoms with Crippen molar-refractivity contribution in [2.24, 2.45) is 11.8 Å². The van der Waals surface area contributed by atoms with Crippen LogP contribution in [-0.2, 0) is 10.3 Å². The molecule has 4 aliphatic carbocycles. The maximum Gasteiger partial charge on any atom is 0.225 e. The smallest absolute Gasteiger partial charge is 0.225 e. The van der Waals surface area contributed by atoms with E-state index in [0.29, 0.717) is 13.0 Å². The van der Waals surface area contributed by atoms with Crippen molar-refractivity contribution in [3.63, 3.8) is 0 Å². The molecule has 1 aromatic carbocycles. The van der Waals surface area contributed by atoms with Crippen molar-refractivity contribution in [2.45, 2.75) is 69.9 Å². The molecule has 0 spiro atoms. The highest BCUT2D eigenvalue weighted by atomic mass is 16.1. The SMILES string of the molecule is Cc1nnn(C23C[C@@H]4C[C@H](CC(NCCC(=O)Nc5ccccc5C)(C4)C2)C3)n1. The lowest BCUT2D eigenvalue weighted by Gasteiger charge is -2.61. The van der Waals surface area contributed by atoms with Gasteiger partial charge in [0.1, 0.15) is 0 Å². The maximum atomic E-state index is 12.5. The number of hydrogen-bond donors (Lipinski definition) is 2. The van der Waals surface area contributed by atoms with Gasteiger partial charge < -0.3 is 10.6 Å². The van der Waals surface area contributed by atoms with Crippen LogP contribution < -0.4 is 10.6 Å². The summed E-state index contributed by atoms with van der Waals surface area (Å²) in [5.74, 6) is 2.25. The largest absolute Gasteiger partial charge is 0.326 e. The van der Waals surface area contributed by atoms with Gasteiger partial charge in [0.05, 0.1) is 5.54 Å². The van der Waals surface area contributed by atoms with Crippen LogP contribution >= 0.6 is 0 Å². The van der Waals surface area contributed by atoms with E-state index < -0.39 is 0 Å². The van der Waals surface area contributed by atoms with Crippen LogP contribution in [0.5, 0.6) is 0 Å². The fourth-order valence-corrected chi connectivity index (χ4v) is 6.51. The molecule has 7 heteroatoms. The van der Waals surface area contributed by atoms with Crippen LogP contribution in [0.2, 0.25) is 0 Å². The van der Waals surface area contributed by atoms with E-state index in [0.717, 1.165) is 48.2 Å². The minimum Gasteiger partial charge on any atom is -0.326 e. The van der Waals surface area contributed by atoms with Gasteiger partial charge in [-0.05, 0) is 81.1 Å². The van der Waals surface area contributed by atoms with Gasteiger partial charge in [0.25, 0.3) is 0 Å². The molecule has 29 heavy (non-hydrogen) atoms. The van der Waals surface area contributed by atoms with Crippen LogP contribution in [0.4, 0.5) is 5.69 Å². The number of nitrogens with zero attached hydrogens (tertiary/aromatic N) is 4. The summed E-state index contributed by atoms with van der Waals surface area (Å²) in [4.78, 5) is 14.4. The highest BCUT2D eigenvalue weighted by molar-refractivity contribution is 5.91. The molecule has 1 amide bonds. The van der Waals surface area contributed by atoms with Gasteiger partial charge in [-0.3, -0.25) is 4.79 Å².